The summed E-state index contributed by atoms with van der Waals surface area (Å²) in [6.07, 6.45) is 3.60. The zero-order valence-electron chi connectivity index (χ0n) is 18.6. The topological polar surface area (TPSA) is 71.1 Å². The molecular formula is C25H31N3O4. The Labute approximate surface area is 189 Å². The van der Waals surface area contributed by atoms with Gasteiger partial charge in [0, 0.05) is 32.6 Å². The van der Waals surface area contributed by atoms with Crippen LogP contribution in [0.4, 0.5) is 4.79 Å². The molecule has 2 heterocycles. The zero-order valence-corrected chi connectivity index (χ0v) is 18.6. The first kappa shape index (κ1) is 22.0. The molecule has 1 atom stereocenters. The largest absolute Gasteiger partial charge is 0.454 e. The highest BCUT2D eigenvalue weighted by Gasteiger charge is 2.25. The molecule has 1 unspecified atom stereocenters. The summed E-state index contributed by atoms with van der Waals surface area (Å²) in [4.78, 5) is 29.5. The van der Waals surface area contributed by atoms with Crippen molar-refractivity contribution in [2.75, 3.05) is 26.4 Å². The Morgan fingerprint density at radius 1 is 1.09 bits per heavy atom. The average molecular weight is 438 g/mol. The normalized spacial score (nSPS) is 16.4. The zero-order chi connectivity index (χ0) is 22.3. The second-order valence-corrected chi connectivity index (χ2v) is 8.26. The van der Waals surface area contributed by atoms with E-state index in [4.69, 9.17) is 9.47 Å². The van der Waals surface area contributed by atoms with Gasteiger partial charge in [-0.1, -0.05) is 42.8 Å². The third kappa shape index (κ3) is 5.33. The highest BCUT2D eigenvalue weighted by Crippen LogP contribution is 2.32. The minimum absolute atomic E-state index is 0.152. The maximum atomic E-state index is 13.2. The summed E-state index contributed by atoms with van der Waals surface area (Å²) in [5.41, 5.74) is 1.97. The quantitative estimate of drug-likeness (QED) is 0.708. The van der Waals surface area contributed by atoms with E-state index in [-0.39, 0.29) is 24.8 Å². The van der Waals surface area contributed by atoms with E-state index in [1.807, 2.05) is 60.4 Å². The molecule has 1 N–H and O–H groups in total. The maximum Gasteiger partial charge on any atom is 0.318 e. The van der Waals surface area contributed by atoms with Gasteiger partial charge in [0.25, 0.3) is 0 Å². The van der Waals surface area contributed by atoms with Crippen LogP contribution in [0.5, 0.6) is 11.5 Å². The van der Waals surface area contributed by atoms with Gasteiger partial charge < -0.3 is 24.6 Å². The van der Waals surface area contributed by atoms with Crippen LogP contribution in [0.15, 0.2) is 48.5 Å². The van der Waals surface area contributed by atoms with Crippen molar-refractivity contribution in [1.82, 2.24) is 15.1 Å². The van der Waals surface area contributed by atoms with Crippen molar-refractivity contribution in [1.29, 1.82) is 0 Å². The Hall–Kier alpha value is -3.22. The Bertz CT molecular complexity index is 934. The van der Waals surface area contributed by atoms with Gasteiger partial charge in [-0.3, -0.25) is 4.79 Å². The molecule has 32 heavy (non-hydrogen) atoms. The molecular weight excluding hydrogens is 406 g/mol. The van der Waals surface area contributed by atoms with Crippen LogP contribution in [0.3, 0.4) is 0 Å². The van der Waals surface area contributed by atoms with E-state index in [0.29, 0.717) is 31.8 Å². The number of nitrogens with one attached hydrogen (secondary N) is 1. The summed E-state index contributed by atoms with van der Waals surface area (Å²) in [7, 11) is 0. The molecule has 4 rings (SSSR count). The van der Waals surface area contributed by atoms with E-state index in [9.17, 15) is 9.59 Å². The molecule has 3 amide bonds. The van der Waals surface area contributed by atoms with Gasteiger partial charge in [0.2, 0.25) is 12.7 Å². The lowest BCUT2D eigenvalue weighted by Crippen LogP contribution is -2.45. The minimum Gasteiger partial charge on any atom is -0.454 e. The molecule has 0 bridgehead atoms. The van der Waals surface area contributed by atoms with Crippen LogP contribution in [0.1, 0.15) is 49.8 Å². The Morgan fingerprint density at radius 3 is 2.72 bits per heavy atom. The number of carbonyl (C=O) groups excluding carboxylic acids is 2. The molecule has 0 radical (unpaired) electrons. The van der Waals surface area contributed by atoms with Crippen LogP contribution >= 0.6 is 0 Å². The standard InChI is InChI=1S/C25H31N3O4/c1-2-27(16-19-12-13-22-23(15-19)32-18-31-22)25(30)26-21(20-9-5-3-6-10-20)17-28-14-8-4-7-11-24(28)29/h3,5-6,9-10,12-13,15,21H,2,4,7-8,11,14,16-18H2,1H3,(H,26,30). The third-order valence-corrected chi connectivity index (χ3v) is 6.05. The van der Waals surface area contributed by atoms with Crippen LogP contribution in [0.2, 0.25) is 0 Å². The van der Waals surface area contributed by atoms with E-state index < -0.39 is 0 Å². The molecule has 2 aliphatic rings. The van der Waals surface area contributed by atoms with Crippen LogP contribution < -0.4 is 14.8 Å². The highest BCUT2D eigenvalue weighted by molar-refractivity contribution is 5.77. The number of ether oxygens (including phenoxy) is 2. The van der Waals surface area contributed by atoms with Crippen molar-refractivity contribution in [3.05, 3.63) is 59.7 Å². The molecule has 1 saturated heterocycles. The molecule has 7 heteroatoms. The van der Waals surface area contributed by atoms with Gasteiger partial charge in [-0.25, -0.2) is 4.79 Å². The Morgan fingerprint density at radius 2 is 1.91 bits per heavy atom. The molecule has 170 valence electrons. The van der Waals surface area contributed by atoms with E-state index in [0.717, 1.165) is 42.7 Å². The Kier molecular flexibility index (Phi) is 7.14. The number of hydrogen-bond acceptors (Lipinski definition) is 4. The number of urea groups is 1. The molecule has 0 aliphatic carbocycles. The predicted molar refractivity (Wildman–Crippen MR) is 121 cm³/mol. The molecule has 2 aliphatic heterocycles. The van der Waals surface area contributed by atoms with Crippen molar-refractivity contribution < 1.29 is 19.1 Å². The molecule has 1 fully saturated rings. The Balaban J connectivity index is 1.47. The molecule has 2 aromatic carbocycles. The van der Waals surface area contributed by atoms with Crippen LogP contribution in [-0.4, -0.2) is 48.2 Å². The number of benzene rings is 2. The number of likely N-dealkylation sites (tertiary alicyclic amines) is 1. The van der Waals surface area contributed by atoms with E-state index in [2.05, 4.69) is 5.32 Å². The fourth-order valence-electron chi connectivity index (χ4n) is 4.20. The van der Waals surface area contributed by atoms with Crippen LogP contribution in [-0.2, 0) is 11.3 Å². The number of amides is 3. The van der Waals surface area contributed by atoms with Gasteiger partial charge in [-0.2, -0.15) is 0 Å². The number of nitrogens with zero attached hydrogens (tertiary/aromatic N) is 2. The molecule has 7 nitrogen and oxygen atoms in total. The molecule has 0 saturated carbocycles. The van der Waals surface area contributed by atoms with Gasteiger partial charge in [0.1, 0.15) is 0 Å². The van der Waals surface area contributed by atoms with Crippen LogP contribution in [0, 0.1) is 0 Å². The SMILES string of the molecule is CCN(Cc1ccc2c(c1)OCO2)C(=O)NC(CN1CCCCCC1=O)c1ccccc1. The summed E-state index contributed by atoms with van der Waals surface area (Å²) in [5, 5.41) is 3.18. The first-order valence-electron chi connectivity index (χ1n) is 11.4. The number of carbonyl (C=O) groups is 2. The number of fused-ring (bicyclic) bond motifs is 1. The predicted octanol–water partition coefficient (Wildman–Crippen LogP) is 4.09. The second-order valence-electron chi connectivity index (χ2n) is 8.26. The second kappa shape index (κ2) is 10.4. The lowest BCUT2D eigenvalue weighted by atomic mass is 10.1. The first-order valence-corrected chi connectivity index (χ1v) is 11.4. The lowest BCUT2D eigenvalue weighted by molar-refractivity contribution is -0.131. The molecule has 0 aromatic heterocycles. The molecule has 0 spiro atoms. The van der Waals surface area contributed by atoms with Crippen LogP contribution in [0.25, 0.3) is 0 Å². The molecule has 2 aromatic rings. The van der Waals surface area contributed by atoms with Gasteiger partial charge in [-0.05, 0) is 43.0 Å². The minimum atomic E-state index is -0.267. The summed E-state index contributed by atoms with van der Waals surface area (Å²) in [5.74, 6) is 1.61. The fourth-order valence-corrected chi connectivity index (χ4v) is 4.20. The summed E-state index contributed by atoms with van der Waals surface area (Å²) in [6, 6.07) is 15.2. The van der Waals surface area contributed by atoms with E-state index in [1.165, 1.54) is 0 Å². The van der Waals surface area contributed by atoms with Gasteiger partial charge in [0.15, 0.2) is 11.5 Å². The maximum absolute atomic E-state index is 13.2. The van der Waals surface area contributed by atoms with E-state index >= 15 is 0 Å². The van der Waals surface area contributed by atoms with Crippen molar-refractivity contribution >= 4 is 11.9 Å². The summed E-state index contributed by atoms with van der Waals surface area (Å²) in [6.45, 7) is 4.43. The number of rotatable bonds is 7. The van der Waals surface area contributed by atoms with Crippen molar-refractivity contribution in [2.45, 2.75) is 45.2 Å². The van der Waals surface area contributed by atoms with Gasteiger partial charge in [0.05, 0.1) is 6.04 Å². The van der Waals surface area contributed by atoms with Crippen molar-refractivity contribution in [3.8, 4) is 11.5 Å². The number of hydrogen-bond donors (Lipinski definition) is 1. The van der Waals surface area contributed by atoms with Crippen molar-refractivity contribution in [2.24, 2.45) is 0 Å². The summed E-state index contributed by atoms with van der Waals surface area (Å²) >= 11 is 0. The van der Waals surface area contributed by atoms with Gasteiger partial charge >= 0.3 is 6.03 Å². The monoisotopic (exact) mass is 437 g/mol. The average Bonchev–Trinajstić information content (AvgIpc) is 3.19. The smallest absolute Gasteiger partial charge is 0.318 e. The highest BCUT2D eigenvalue weighted by atomic mass is 16.7. The van der Waals surface area contributed by atoms with Crippen molar-refractivity contribution in [3.63, 3.8) is 0 Å². The fraction of sp³-hybridized carbons (Fsp3) is 0.440. The van der Waals surface area contributed by atoms with Gasteiger partial charge in [-0.15, -0.1) is 0 Å². The first-order chi connectivity index (χ1) is 15.6. The summed E-state index contributed by atoms with van der Waals surface area (Å²) < 4.78 is 10.8. The third-order valence-electron chi connectivity index (χ3n) is 6.05. The lowest BCUT2D eigenvalue weighted by Gasteiger charge is -2.30. The van der Waals surface area contributed by atoms with E-state index in [1.54, 1.807) is 4.90 Å².